The van der Waals surface area contributed by atoms with Gasteiger partial charge in [-0.25, -0.2) is 0 Å². The number of rotatable bonds is 4. The Labute approximate surface area is 112 Å². The fraction of sp³-hybridized carbons (Fsp3) is 0.333. The largest absolute Gasteiger partial charge is 0.404 e. The highest BCUT2D eigenvalue weighted by Crippen LogP contribution is 2.18. The van der Waals surface area contributed by atoms with Gasteiger partial charge in [-0.15, -0.1) is 0 Å². The monoisotopic (exact) mass is 384 g/mol. The molecule has 0 saturated carbocycles. The number of halogens is 2. The molecule has 6 heteroatoms. The van der Waals surface area contributed by atoms with E-state index in [4.69, 9.17) is 11.5 Å². The van der Waals surface area contributed by atoms with Gasteiger partial charge in [0, 0.05) is 44.1 Å². The Morgan fingerprint density at radius 1 is 1.20 bits per heavy atom. The highest BCUT2D eigenvalue weighted by Gasteiger charge is 2.09. The molecule has 0 aromatic carbocycles. The first-order valence-corrected chi connectivity index (χ1v) is 6.04. The van der Waals surface area contributed by atoms with Crippen LogP contribution in [0.5, 0.6) is 0 Å². The molecule has 15 heavy (non-hydrogen) atoms. The van der Waals surface area contributed by atoms with E-state index in [2.05, 4.69) is 48.5 Å². The van der Waals surface area contributed by atoms with Crippen LogP contribution >= 0.6 is 38.5 Å². The molecule has 0 spiro atoms. The lowest BCUT2D eigenvalue weighted by molar-refractivity contribution is 1.22. The lowest BCUT2D eigenvalue weighted by atomic mass is 10.1. The first-order valence-electron chi connectivity index (χ1n) is 4.17. The van der Waals surface area contributed by atoms with Gasteiger partial charge in [-0.05, 0) is 38.5 Å². The van der Waals surface area contributed by atoms with E-state index in [0.717, 1.165) is 19.5 Å². The van der Waals surface area contributed by atoms with Gasteiger partial charge in [0.2, 0.25) is 0 Å². The van der Waals surface area contributed by atoms with Gasteiger partial charge >= 0.3 is 0 Å². The van der Waals surface area contributed by atoms with Crippen molar-refractivity contribution in [1.82, 2.24) is 0 Å². The molecule has 0 aliphatic heterocycles. The van der Waals surface area contributed by atoms with Gasteiger partial charge < -0.3 is 11.5 Å². The van der Waals surface area contributed by atoms with Crippen LogP contribution in [-0.2, 0) is 0 Å². The van der Waals surface area contributed by atoms with Crippen LogP contribution in [0.25, 0.3) is 0 Å². The number of hydrogen-bond donors (Lipinski definition) is 2. The number of aliphatic imine (C=N–C) groups is 2. The second-order valence-corrected chi connectivity index (χ2v) is 4.36. The van der Waals surface area contributed by atoms with Crippen LogP contribution in [0.2, 0.25) is 0 Å². The molecule has 0 bridgehead atoms. The molecule has 0 heterocycles. The van der Waals surface area contributed by atoms with Gasteiger partial charge in [0.25, 0.3) is 0 Å². The third-order valence-electron chi connectivity index (χ3n) is 1.71. The van der Waals surface area contributed by atoms with Crippen molar-refractivity contribution in [1.29, 1.82) is 0 Å². The molecule has 0 aromatic rings. The van der Waals surface area contributed by atoms with Crippen molar-refractivity contribution in [2.75, 3.05) is 14.1 Å². The Hall–Kier alpha value is -0.370. The lowest BCUT2D eigenvalue weighted by Gasteiger charge is -2.07. The fourth-order valence-corrected chi connectivity index (χ4v) is 1.54. The predicted octanol–water partition coefficient (Wildman–Crippen LogP) is 1.95. The summed E-state index contributed by atoms with van der Waals surface area (Å²) in [5.74, 6) is 0. The number of hydrogen-bond acceptors (Lipinski definition) is 4. The minimum Gasteiger partial charge on any atom is -0.404 e. The summed E-state index contributed by atoms with van der Waals surface area (Å²) in [6.45, 7) is 0. The quantitative estimate of drug-likeness (QED) is 0.574. The smallest absolute Gasteiger partial charge is 0.105 e. The van der Waals surface area contributed by atoms with E-state index in [1.165, 1.54) is 12.4 Å². The van der Waals surface area contributed by atoms with E-state index < -0.39 is 0 Å². The Morgan fingerprint density at radius 2 is 1.73 bits per heavy atom. The molecule has 4 N–H and O–H groups in total. The highest BCUT2D eigenvalue weighted by atomic mass is 127. The van der Waals surface area contributed by atoms with Gasteiger partial charge in [0.1, 0.15) is 4.62 Å². The van der Waals surface area contributed by atoms with E-state index in [1.807, 2.05) is 0 Å². The van der Waals surface area contributed by atoms with Crippen LogP contribution in [0.1, 0.15) is 6.42 Å². The van der Waals surface area contributed by atoms with Gasteiger partial charge in [0.15, 0.2) is 0 Å². The van der Waals surface area contributed by atoms with Crippen molar-refractivity contribution in [2.45, 2.75) is 6.42 Å². The molecule has 0 amide bonds. The summed E-state index contributed by atoms with van der Waals surface area (Å²) in [6, 6.07) is 0. The molecule has 0 aliphatic rings. The average molecular weight is 385 g/mol. The van der Waals surface area contributed by atoms with E-state index in [0.29, 0.717) is 6.42 Å². The summed E-state index contributed by atoms with van der Waals surface area (Å²) in [7, 11) is 3.42. The summed E-state index contributed by atoms with van der Waals surface area (Å²) in [6.07, 6.45) is 3.66. The predicted molar refractivity (Wildman–Crippen MR) is 78.8 cm³/mol. The van der Waals surface area contributed by atoms with Crippen LogP contribution in [0.3, 0.4) is 0 Å². The zero-order valence-corrected chi connectivity index (χ0v) is 12.4. The summed E-state index contributed by atoms with van der Waals surface area (Å²) >= 11 is 5.45. The van der Waals surface area contributed by atoms with Crippen molar-refractivity contribution in [3.63, 3.8) is 0 Å². The zero-order valence-electron chi connectivity index (χ0n) is 8.67. The Kier molecular flexibility index (Phi) is 7.67. The molecular weight excluding hydrogens is 371 g/mol. The second kappa shape index (κ2) is 7.86. The molecule has 0 atom stereocenters. The molecule has 0 rings (SSSR count). The number of nitrogens with zero attached hydrogens (tertiary/aromatic N) is 2. The highest BCUT2D eigenvalue weighted by molar-refractivity contribution is 14.1. The second-order valence-electron chi connectivity index (χ2n) is 2.59. The first-order chi connectivity index (χ1) is 7.10. The molecular formula is C9H14BrIN4. The first kappa shape index (κ1) is 14.6. The van der Waals surface area contributed by atoms with Crippen LogP contribution in [0.4, 0.5) is 0 Å². The minimum absolute atomic E-state index is 0.612. The van der Waals surface area contributed by atoms with E-state index in [9.17, 15) is 0 Å². The van der Waals surface area contributed by atoms with Gasteiger partial charge in [-0.1, -0.05) is 0 Å². The van der Waals surface area contributed by atoms with Crippen molar-refractivity contribution in [3.05, 3.63) is 23.5 Å². The lowest BCUT2D eigenvalue weighted by Crippen LogP contribution is -2.05. The fourth-order valence-electron chi connectivity index (χ4n) is 0.894. The third-order valence-corrected chi connectivity index (χ3v) is 3.75. The average Bonchev–Trinajstić information content (AvgIpc) is 2.28. The van der Waals surface area contributed by atoms with Gasteiger partial charge in [0.05, 0.1) is 3.72 Å². The molecule has 0 saturated heterocycles. The summed E-state index contributed by atoms with van der Waals surface area (Å²) < 4.78 is 1.59. The summed E-state index contributed by atoms with van der Waals surface area (Å²) in [4.78, 5) is 8.07. The van der Waals surface area contributed by atoms with Crippen molar-refractivity contribution < 1.29 is 0 Å². The summed E-state index contributed by atoms with van der Waals surface area (Å²) in [5, 5.41) is 0. The zero-order chi connectivity index (χ0) is 11.8. The third kappa shape index (κ3) is 4.78. The number of allylic oxidation sites excluding steroid dienone is 2. The van der Waals surface area contributed by atoms with Crippen LogP contribution in [-0.4, -0.2) is 22.4 Å². The molecule has 0 unspecified atom stereocenters. The molecule has 84 valence electrons. The van der Waals surface area contributed by atoms with Gasteiger partial charge in [-0.2, -0.15) is 0 Å². The maximum atomic E-state index is 5.52. The summed E-state index contributed by atoms with van der Waals surface area (Å²) in [5.41, 5.74) is 12.8. The standard InChI is InChI=1S/C9H14BrIN4/c1-14-8(10)6(4-12)3-7(5-13)9(11)15-2/h4-5H,3,12-13H2,1-2H3. The topological polar surface area (TPSA) is 76.8 Å². The van der Waals surface area contributed by atoms with E-state index in [-0.39, 0.29) is 0 Å². The molecule has 4 nitrogen and oxygen atoms in total. The van der Waals surface area contributed by atoms with Crippen LogP contribution in [0, 0.1) is 0 Å². The minimum atomic E-state index is 0.612. The SMILES string of the molecule is CN=C(Br)C(=CN)CC(=CN)C(I)=NC. The normalized spacial score (nSPS) is 15.7. The van der Waals surface area contributed by atoms with Crippen molar-refractivity contribution >= 4 is 46.9 Å². The van der Waals surface area contributed by atoms with Crippen LogP contribution < -0.4 is 11.5 Å². The maximum absolute atomic E-state index is 5.52. The molecule has 0 aliphatic carbocycles. The van der Waals surface area contributed by atoms with E-state index >= 15 is 0 Å². The number of nitrogens with two attached hydrogens (primary N) is 2. The molecule has 0 radical (unpaired) electrons. The Morgan fingerprint density at radius 3 is 2.07 bits per heavy atom. The Balaban J connectivity index is 4.85. The van der Waals surface area contributed by atoms with Crippen LogP contribution in [0.15, 0.2) is 33.5 Å². The molecule has 0 fully saturated rings. The van der Waals surface area contributed by atoms with Crippen molar-refractivity contribution in [3.8, 4) is 0 Å². The maximum Gasteiger partial charge on any atom is 0.105 e. The van der Waals surface area contributed by atoms with Crippen molar-refractivity contribution in [2.24, 2.45) is 21.5 Å². The van der Waals surface area contributed by atoms with Gasteiger partial charge in [-0.3, -0.25) is 9.98 Å². The van der Waals surface area contributed by atoms with E-state index in [1.54, 1.807) is 14.1 Å². The molecule has 0 aromatic heterocycles. The Bertz CT molecular complexity index is 299.